The van der Waals surface area contributed by atoms with Crippen LogP contribution in [0.25, 0.3) is 0 Å². The molecule has 37 heavy (non-hydrogen) atoms. The number of hydrogen-bond acceptors (Lipinski definition) is 4. The highest BCUT2D eigenvalue weighted by atomic mass is 19.1. The standard InChI is InChI=1S/C30H41FN2O4/c1-23(2)20-25-22-37-28-15-9-7-13-26(28)30(35)32(18-19-36-3)16-10-4-5-11-17-33(25)29(34)21-24-12-6-8-14-27(24)31/h6-9,12-15,23,25H,4-5,10-11,16-22H2,1-3H3/t25-/m0/s1. The molecule has 2 amide bonds. The van der Waals surface area contributed by atoms with Gasteiger partial charge in [0, 0.05) is 26.7 Å². The van der Waals surface area contributed by atoms with Crippen LogP contribution < -0.4 is 4.74 Å². The Kier molecular flexibility index (Phi) is 11.4. The van der Waals surface area contributed by atoms with E-state index in [1.807, 2.05) is 28.0 Å². The number of rotatable bonds is 7. The van der Waals surface area contributed by atoms with E-state index in [1.54, 1.807) is 31.4 Å². The molecule has 0 N–H and O–H groups in total. The minimum absolute atomic E-state index is 0.0187. The zero-order valence-corrected chi connectivity index (χ0v) is 22.5. The molecule has 0 saturated heterocycles. The summed E-state index contributed by atoms with van der Waals surface area (Å²) in [5, 5.41) is 0. The fourth-order valence-corrected chi connectivity index (χ4v) is 4.83. The molecule has 0 unspecified atom stereocenters. The smallest absolute Gasteiger partial charge is 0.257 e. The zero-order valence-electron chi connectivity index (χ0n) is 22.5. The van der Waals surface area contributed by atoms with Gasteiger partial charge in [0.05, 0.1) is 24.6 Å². The Hall–Kier alpha value is -2.93. The Bertz CT molecular complexity index is 1010. The quantitative estimate of drug-likeness (QED) is 0.502. The van der Waals surface area contributed by atoms with Crippen molar-refractivity contribution >= 4 is 11.8 Å². The van der Waals surface area contributed by atoms with Gasteiger partial charge in [0.15, 0.2) is 0 Å². The summed E-state index contributed by atoms with van der Waals surface area (Å²) in [7, 11) is 1.64. The Morgan fingerprint density at radius 2 is 1.76 bits per heavy atom. The number of amides is 2. The van der Waals surface area contributed by atoms with Crippen molar-refractivity contribution < 1.29 is 23.5 Å². The van der Waals surface area contributed by atoms with Crippen LogP contribution in [0.4, 0.5) is 4.39 Å². The molecule has 0 fully saturated rings. The van der Waals surface area contributed by atoms with Crippen LogP contribution in [-0.4, -0.2) is 67.6 Å². The molecule has 1 aliphatic rings. The summed E-state index contributed by atoms with van der Waals surface area (Å²) in [6.07, 6.45) is 4.39. The molecular formula is C30H41FN2O4. The molecule has 0 saturated carbocycles. The van der Waals surface area contributed by atoms with E-state index in [0.29, 0.717) is 49.0 Å². The topological polar surface area (TPSA) is 59.1 Å². The first kappa shape index (κ1) is 28.6. The predicted octanol–water partition coefficient (Wildman–Crippen LogP) is 5.35. The average Bonchev–Trinajstić information content (AvgIpc) is 2.88. The van der Waals surface area contributed by atoms with Crippen LogP contribution in [0.3, 0.4) is 0 Å². The van der Waals surface area contributed by atoms with Gasteiger partial charge in [0.2, 0.25) is 5.91 Å². The lowest BCUT2D eigenvalue weighted by atomic mass is 10.0. The monoisotopic (exact) mass is 512 g/mol. The summed E-state index contributed by atoms with van der Waals surface area (Å²) in [5.74, 6) is 0.319. The van der Waals surface area contributed by atoms with Gasteiger partial charge < -0.3 is 19.3 Å². The summed E-state index contributed by atoms with van der Waals surface area (Å²) in [5.41, 5.74) is 0.923. The SMILES string of the molecule is COCCN1CCCCCCN(C(=O)Cc2ccccc2F)[C@@H](CC(C)C)COc2ccccc2C1=O. The highest BCUT2D eigenvalue weighted by Gasteiger charge is 2.27. The maximum Gasteiger partial charge on any atom is 0.257 e. The first-order valence-electron chi connectivity index (χ1n) is 13.4. The second-order valence-electron chi connectivity index (χ2n) is 10.1. The van der Waals surface area contributed by atoms with Crippen LogP contribution in [0, 0.1) is 11.7 Å². The van der Waals surface area contributed by atoms with Crippen LogP contribution in [0.15, 0.2) is 48.5 Å². The molecule has 0 bridgehead atoms. The Morgan fingerprint density at radius 3 is 2.49 bits per heavy atom. The second-order valence-corrected chi connectivity index (χ2v) is 10.1. The number of para-hydroxylation sites is 1. The second kappa shape index (κ2) is 14.7. The average molecular weight is 513 g/mol. The number of hydrogen-bond donors (Lipinski definition) is 0. The summed E-state index contributed by atoms with van der Waals surface area (Å²) >= 11 is 0. The number of methoxy groups -OCH3 is 1. The summed E-state index contributed by atoms with van der Waals surface area (Å²) in [4.78, 5) is 30.7. The van der Waals surface area contributed by atoms with E-state index in [9.17, 15) is 14.0 Å². The van der Waals surface area contributed by atoms with E-state index < -0.39 is 0 Å². The molecule has 0 radical (unpaired) electrons. The van der Waals surface area contributed by atoms with Gasteiger partial charge in [-0.05, 0) is 48.9 Å². The maximum absolute atomic E-state index is 14.3. The van der Waals surface area contributed by atoms with Crippen LogP contribution in [0.2, 0.25) is 0 Å². The van der Waals surface area contributed by atoms with Crippen LogP contribution in [0.5, 0.6) is 5.75 Å². The van der Waals surface area contributed by atoms with Crippen LogP contribution in [0.1, 0.15) is 61.9 Å². The largest absolute Gasteiger partial charge is 0.491 e. The molecule has 0 aromatic heterocycles. The number of benzene rings is 2. The molecule has 0 aliphatic carbocycles. The molecule has 1 heterocycles. The number of ether oxygens (including phenoxy) is 2. The van der Waals surface area contributed by atoms with E-state index in [1.165, 1.54) is 6.07 Å². The maximum atomic E-state index is 14.3. The van der Waals surface area contributed by atoms with Crippen molar-refractivity contribution in [3.8, 4) is 5.75 Å². The van der Waals surface area contributed by atoms with E-state index in [-0.39, 0.29) is 36.7 Å². The molecule has 2 aromatic rings. The molecule has 202 valence electrons. The van der Waals surface area contributed by atoms with Crippen molar-refractivity contribution in [1.29, 1.82) is 0 Å². The highest BCUT2D eigenvalue weighted by molar-refractivity contribution is 5.97. The molecule has 1 atom stereocenters. The Labute approximate surface area is 220 Å². The van der Waals surface area contributed by atoms with E-state index >= 15 is 0 Å². The van der Waals surface area contributed by atoms with Gasteiger partial charge in [-0.3, -0.25) is 9.59 Å². The van der Waals surface area contributed by atoms with E-state index in [2.05, 4.69) is 13.8 Å². The van der Waals surface area contributed by atoms with Gasteiger partial charge in [-0.2, -0.15) is 0 Å². The van der Waals surface area contributed by atoms with E-state index in [0.717, 1.165) is 32.1 Å². The lowest BCUT2D eigenvalue weighted by Crippen LogP contribution is -2.46. The van der Waals surface area contributed by atoms with Gasteiger partial charge in [0.1, 0.15) is 18.2 Å². The molecular weight excluding hydrogens is 471 g/mol. The third-order valence-electron chi connectivity index (χ3n) is 6.78. The van der Waals surface area contributed by atoms with Crippen LogP contribution in [-0.2, 0) is 16.0 Å². The number of carbonyl (C=O) groups excluding carboxylic acids is 2. The Morgan fingerprint density at radius 1 is 1.05 bits per heavy atom. The normalized spacial score (nSPS) is 17.8. The molecule has 6 nitrogen and oxygen atoms in total. The molecule has 1 aliphatic heterocycles. The van der Waals surface area contributed by atoms with Crippen molar-refractivity contribution in [2.45, 2.75) is 58.4 Å². The number of halogens is 1. The third-order valence-corrected chi connectivity index (χ3v) is 6.78. The fourth-order valence-electron chi connectivity index (χ4n) is 4.83. The van der Waals surface area contributed by atoms with Crippen molar-refractivity contribution in [2.24, 2.45) is 5.92 Å². The summed E-state index contributed by atoms with van der Waals surface area (Å²) in [6, 6.07) is 13.6. The first-order valence-corrected chi connectivity index (χ1v) is 13.4. The zero-order chi connectivity index (χ0) is 26.6. The van der Waals surface area contributed by atoms with Gasteiger partial charge in [-0.15, -0.1) is 0 Å². The number of fused-ring (bicyclic) bond motifs is 1. The van der Waals surface area contributed by atoms with Gasteiger partial charge >= 0.3 is 0 Å². The van der Waals surface area contributed by atoms with Crippen LogP contribution >= 0.6 is 0 Å². The van der Waals surface area contributed by atoms with Gasteiger partial charge in [-0.25, -0.2) is 4.39 Å². The molecule has 7 heteroatoms. The minimum Gasteiger partial charge on any atom is -0.491 e. The molecule has 3 rings (SSSR count). The molecule has 0 spiro atoms. The highest BCUT2D eigenvalue weighted by Crippen LogP contribution is 2.24. The summed E-state index contributed by atoms with van der Waals surface area (Å²) < 4.78 is 25.9. The first-order chi connectivity index (χ1) is 17.9. The fraction of sp³-hybridized carbons (Fsp3) is 0.533. The van der Waals surface area contributed by atoms with Crippen molar-refractivity contribution in [2.75, 3.05) is 40.0 Å². The van der Waals surface area contributed by atoms with Gasteiger partial charge in [0.25, 0.3) is 5.91 Å². The lowest BCUT2D eigenvalue weighted by molar-refractivity contribution is -0.134. The van der Waals surface area contributed by atoms with Crippen molar-refractivity contribution in [3.05, 3.63) is 65.5 Å². The molecule has 2 aromatic carbocycles. The number of nitrogens with zero attached hydrogens (tertiary/aromatic N) is 2. The summed E-state index contributed by atoms with van der Waals surface area (Å²) in [6.45, 7) is 6.75. The van der Waals surface area contributed by atoms with Crippen molar-refractivity contribution in [1.82, 2.24) is 9.80 Å². The Balaban J connectivity index is 1.88. The lowest BCUT2D eigenvalue weighted by Gasteiger charge is -2.34. The third kappa shape index (κ3) is 8.56. The van der Waals surface area contributed by atoms with Crippen molar-refractivity contribution in [3.63, 3.8) is 0 Å². The van der Waals surface area contributed by atoms with E-state index in [4.69, 9.17) is 9.47 Å². The predicted molar refractivity (Wildman–Crippen MR) is 143 cm³/mol. The van der Waals surface area contributed by atoms with Gasteiger partial charge in [-0.1, -0.05) is 57.0 Å². The number of carbonyl (C=O) groups is 2. The minimum atomic E-state index is -0.361.